The van der Waals surface area contributed by atoms with Gasteiger partial charge in [-0.3, -0.25) is 9.78 Å². The van der Waals surface area contributed by atoms with E-state index in [4.69, 9.17) is 0 Å². The molecule has 3 heterocycles. The number of piperazine rings is 1. The van der Waals surface area contributed by atoms with Gasteiger partial charge in [0.1, 0.15) is 15.7 Å². The van der Waals surface area contributed by atoms with E-state index < -0.39 is 0 Å². The predicted octanol–water partition coefficient (Wildman–Crippen LogP) is 3.62. The largest absolute Gasteiger partial charge is 0.368 e. The van der Waals surface area contributed by atoms with Crippen LogP contribution in [0.5, 0.6) is 0 Å². The van der Waals surface area contributed by atoms with Crippen LogP contribution in [0.25, 0.3) is 10.6 Å². The van der Waals surface area contributed by atoms with Crippen molar-refractivity contribution < 1.29 is 9.18 Å². The number of halogens is 1. The molecule has 4 rings (SSSR count). The molecule has 1 amide bonds. The standard InChI is InChI=1S/C20H19FN4OS/c1-14-18(27-19(23-14)15-2-4-16(21)5-3-15)20(26)25-12-10-24(11-13-25)17-6-8-22-9-7-17/h2-9H,10-13H2,1H3. The third-order valence-electron chi connectivity index (χ3n) is 4.68. The fraction of sp³-hybridized carbons (Fsp3) is 0.250. The van der Waals surface area contributed by atoms with Crippen molar-refractivity contribution in [3.63, 3.8) is 0 Å². The monoisotopic (exact) mass is 382 g/mol. The first kappa shape index (κ1) is 17.6. The minimum atomic E-state index is -0.282. The molecule has 3 aromatic rings. The topological polar surface area (TPSA) is 49.3 Å². The van der Waals surface area contributed by atoms with Crippen molar-refractivity contribution in [3.8, 4) is 10.6 Å². The number of aromatic nitrogens is 2. The number of thiazole rings is 1. The number of hydrogen-bond donors (Lipinski definition) is 0. The Labute approximate surface area is 161 Å². The Morgan fingerprint density at radius 2 is 1.70 bits per heavy atom. The van der Waals surface area contributed by atoms with Crippen LogP contribution in [0.15, 0.2) is 48.8 Å². The zero-order chi connectivity index (χ0) is 18.8. The van der Waals surface area contributed by atoms with Crippen LogP contribution in [0.2, 0.25) is 0 Å². The molecule has 1 aromatic carbocycles. The van der Waals surface area contributed by atoms with Crippen molar-refractivity contribution in [1.29, 1.82) is 0 Å². The minimum absolute atomic E-state index is 0.0211. The molecule has 7 heteroatoms. The molecule has 0 radical (unpaired) electrons. The van der Waals surface area contributed by atoms with Gasteiger partial charge in [0.25, 0.3) is 5.91 Å². The molecule has 0 spiro atoms. The highest BCUT2D eigenvalue weighted by molar-refractivity contribution is 7.17. The Kier molecular flexibility index (Phi) is 4.85. The third-order valence-corrected chi connectivity index (χ3v) is 5.87. The molecule has 5 nitrogen and oxygen atoms in total. The van der Waals surface area contributed by atoms with Crippen LogP contribution in [-0.4, -0.2) is 47.0 Å². The molecule has 0 atom stereocenters. The molecule has 2 aromatic heterocycles. The van der Waals surface area contributed by atoms with E-state index in [9.17, 15) is 9.18 Å². The van der Waals surface area contributed by atoms with Gasteiger partial charge in [-0.1, -0.05) is 0 Å². The van der Waals surface area contributed by atoms with E-state index in [1.165, 1.54) is 23.5 Å². The van der Waals surface area contributed by atoms with Crippen molar-refractivity contribution in [2.75, 3.05) is 31.1 Å². The minimum Gasteiger partial charge on any atom is -0.368 e. The zero-order valence-electron chi connectivity index (χ0n) is 14.9. The van der Waals surface area contributed by atoms with Gasteiger partial charge in [-0.05, 0) is 43.3 Å². The van der Waals surface area contributed by atoms with Gasteiger partial charge in [-0.25, -0.2) is 9.37 Å². The second-order valence-electron chi connectivity index (χ2n) is 6.43. The van der Waals surface area contributed by atoms with E-state index in [1.54, 1.807) is 24.5 Å². The quantitative estimate of drug-likeness (QED) is 0.694. The fourth-order valence-electron chi connectivity index (χ4n) is 3.18. The lowest BCUT2D eigenvalue weighted by Crippen LogP contribution is -2.48. The SMILES string of the molecule is Cc1nc(-c2ccc(F)cc2)sc1C(=O)N1CCN(c2ccncc2)CC1. The van der Waals surface area contributed by atoms with Gasteiger partial charge < -0.3 is 9.80 Å². The van der Waals surface area contributed by atoms with Crippen molar-refractivity contribution >= 4 is 22.9 Å². The average molecular weight is 382 g/mol. The van der Waals surface area contributed by atoms with Crippen molar-refractivity contribution in [2.24, 2.45) is 0 Å². The molecule has 0 saturated carbocycles. The van der Waals surface area contributed by atoms with Crippen LogP contribution in [0.3, 0.4) is 0 Å². The summed E-state index contributed by atoms with van der Waals surface area (Å²) in [5.41, 5.74) is 2.68. The maximum atomic E-state index is 13.1. The number of nitrogens with zero attached hydrogens (tertiary/aromatic N) is 4. The smallest absolute Gasteiger partial charge is 0.265 e. The Morgan fingerprint density at radius 1 is 1.04 bits per heavy atom. The summed E-state index contributed by atoms with van der Waals surface area (Å²) in [5, 5.41) is 0.742. The van der Waals surface area contributed by atoms with Crippen molar-refractivity contribution in [1.82, 2.24) is 14.9 Å². The van der Waals surface area contributed by atoms with Gasteiger partial charge in [0.2, 0.25) is 0 Å². The predicted molar refractivity (Wildman–Crippen MR) is 105 cm³/mol. The molecule has 1 fully saturated rings. The average Bonchev–Trinajstić information content (AvgIpc) is 3.10. The van der Waals surface area contributed by atoms with E-state index in [0.29, 0.717) is 18.0 Å². The Hall–Kier alpha value is -2.80. The Balaban J connectivity index is 1.47. The molecule has 0 bridgehead atoms. The van der Waals surface area contributed by atoms with Crippen molar-refractivity contribution in [2.45, 2.75) is 6.92 Å². The first-order valence-electron chi connectivity index (χ1n) is 8.79. The molecule has 138 valence electrons. The lowest BCUT2D eigenvalue weighted by atomic mass is 10.2. The molecular formula is C20H19FN4OS. The first-order valence-corrected chi connectivity index (χ1v) is 9.61. The van der Waals surface area contributed by atoms with E-state index in [0.717, 1.165) is 35.0 Å². The lowest BCUT2D eigenvalue weighted by Gasteiger charge is -2.35. The maximum Gasteiger partial charge on any atom is 0.265 e. The second kappa shape index (κ2) is 7.44. The van der Waals surface area contributed by atoms with Gasteiger partial charge in [0, 0.05) is 49.8 Å². The molecule has 0 aliphatic carbocycles. The molecule has 1 aliphatic rings. The molecular weight excluding hydrogens is 363 g/mol. The Bertz CT molecular complexity index is 934. The number of hydrogen-bond acceptors (Lipinski definition) is 5. The van der Waals surface area contributed by atoms with Crippen LogP contribution < -0.4 is 4.90 Å². The summed E-state index contributed by atoms with van der Waals surface area (Å²) in [6.45, 7) is 4.77. The van der Waals surface area contributed by atoms with Crippen LogP contribution >= 0.6 is 11.3 Å². The van der Waals surface area contributed by atoms with Crippen LogP contribution in [0.4, 0.5) is 10.1 Å². The normalized spacial score (nSPS) is 14.4. The fourth-order valence-corrected chi connectivity index (χ4v) is 4.22. The van der Waals surface area contributed by atoms with Crippen LogP contribution in [0.1, 0.15) is 15.4 Å². The van der Waals surface area contributed by atoms with Crippen LogP contribution in [-0.2, 0) is 0 Å². The van der Waals surface area contributed by atoms with Gasteiger partial charge >= 0.3 is 0 Å². The number of benzene rings is 1. The Morgan fingerprint density at radius 3 is 2.37 bits per heavy atom. The highest BCUT2D eigenvalue weighted by Crippen LogP contribution is 2.29. The summed E-state index contributed by atoms with van der Waals surface area (Å²) in [5.74, 6) is -0.261. The summed E-state index contributed by atoms with van der Waals surface area (Å²) >= 11 is 1.37. The molecule has 0 unspecified atom stereocenters. The van der Waals surface area contributed by atoms with Gasteiger partial charge in [0.05, 0.1) is 5.69 Å². The van der Waals surface area contributed by atoms with Crippen molar-refractivity contribution in [3.05, 3.63) is 65.2 Å². The lowest BCUT2D eigenvalue weighted by molar-refractivity contribution is 0.0750. The molecule has 27 heavy (non-hydrogen) atoms. The number of pyridine rings is 1. The summed E-state index contributed by atoms with van der Waals surface area (Å²) in [6, 6.07) is 10.2. The van der Waals surface area contributed by atoms with Crippen LogP contribution in [0, 0.1) is 12.7 Å². The van der Waals surface area contributed by atoms with E-state index in [2.05, 4.69) is 14.9 Å². The second-order valence-corrected chi connectivity index (χ2v) is 7.42. The summed E-state index contributed by atoms with van der Waals surface area (Å²) in [6.07, 6.45) is 3.56. The number of rotatable bonds is 3. The number of aryl methyl sites for hydroxylation is 1. The number of carbonyl (C=O) groups excluding carboxylic acids is 1. The number of carbonyl (C=O) groups is 1. The van der Waals surface area contributed by atoms with E-state index in [1.807, 2.05) is 24.0 Å². The third kappa shape index (κ3) is 3.68. The van der Waals surface area contributed by atoms with E-state index >= 15 is 0 Å². The van der Waals surface area contributed by atoms with Gasteiger partial charge in [-0.15, -0.1) is 11.3 Å². The number of amides is 1. The highest BCUT2D eigenvalue weighted by atomic mass is 32.1. The summed E-state index contributed by atoms with van der Waals surface area (Å²) in [7, 11) is 0. The molecule has 1 aliphatic heterocycles. The number of anilines is 1. The molecule has 1 saturated heterocycles. The molecule has 0 N–H and O–H groups in total. The summed E-state index contributed by atoms with van der Waals surface area (Å²) in [4.78, 5) is 26.3. The van der Waals surface area contributed by atoms with Gasteiger partial charge in [-0.2, -0.15) is 0 Å². The zero-order valence-corrected chi connectivity index (χ0v) is 15.7. The van der Waals surface area contributed by atoms with Gasteiger partial charge in [0.15, 0.2) is 0 Å². The maximum absolute atomic E-state index is 13.1. The summed E-state index contributed by atoms with van der Waals surface area (Å²) < 4.78 is 13.1. The van der Waals surface area contributed by atoms with E-state index in [-0.39, 0.29) is 11.7 Å². The highest BCUT2D eigenvalue weighted by Gasteiger charge is 2.25. The first-order chi connectivity index (χ1) is 13.1.